The van der Waals surface area contributed by atoms with Crippen LogP contribution in [0.3, 0.4) is 0 Å². The van der Waals surface area contributed by atoms with E-state index in [1.165, 1.54) is 0 Å². The fourth-order valence-corrected chi connectivity index (χ4v) is 2.60. The number of amides is 1. The molecule has 1 atom stereocenters. The van der Waals surface area contributed by atoms with E-state index in [2.05, 4.69) is 5.32 Å². The molecule has 20 heavy (non-hydrogen) atoms. The fourth-order valence-electron chi connectivity index (χ4n) is 2.60. The van der Waals surface area contributed by atoms with Crippen molar-refractivity contribution in [1.29, 1.82) is 0 Å². The van der Waals surface area contributed by atoms with Crippen molar-refractivity contribution in [3.63, 3.8) is 0 Å². The van der Waals surface area contributed by atoms with Gasteiger partial charge in [-0.15, -0.1) is 0 Å². The van der Waals surface area contributed by atoms with E-state index < -0.39 is 11.5 Å². The molecule has 0 saturated carbocycles. The molecular weight excluding hydrogens is 254 g/mol. The molecule has 4 heteroatoms. The SMILES string of the molecule is Cc1cc(O)c([C@@]2(O)C(=O)Nc3ccccc32)cc1C. The van der Waals surface area contributed by atoms with Gasteiger partial charge in [-0.05, 0) is 43.2 Å². The summed E-state index contributed by atoms with van der Waals surface area (Å²) in [6, 6.07) is 10.2. The van der Waals surface area contributed by atoms with Crippen molar-refractivity contribution >= 4 is 11.6 Å². The third kappa shape index (κ3) is 1.55. The predicted molar refractivity (Wildman–Crippen MR) is 75.7 cm³/mol. The summed E-state index contributed by atoms with van der Waals surface area (Å²) in [6.45, 7) is 3.74. The second kappa shape index (κ2) is 4.08. The van der Waals surface area contributed by atoms with Gasteiger partial charge in [0.25, 0.3) is 5.91 Å². The Morgan fingerprint density at radius 2 is 1.70 bits per heavy atom. The third-order valence-corrected chi connectivity index (χ3v) is 3.90. The Labute approximate surface area is 116 Å². The minimum atomic E-state index is -1.85. The normalized spacial score (nSPS) is 20.6. The molecule has 1 aliphatic heterocycles. The maximum absolute atomic E-state index is 12.2. The number of hydrogen-bond donors (Lipinski definition) is 3. The Balaban J connectivity index is 2.28. The van der Waals surface area contributed by atoms with E-state index in [1.807, 2.05) is 13.8 Å². The smallest absolute Gasteiger partial charge is 0.266 e. The zero-order chi connectivity index (χ0) is 14.5. The highest BCUT2D eigenvalue weighted by Gasteiger charge is 2.48. The monoisotopic (exact) mass is 269 g/mol. The highest BCUT2D eigenvalue weighted by atomic mass is 16.3. The van der Waals surface area contributed by atoms with Crippen LogP contribution in [0.2, 0.25) is 0 Å². The number of carbonyl (C=O) groups excluding carboxylic acids is 1. The lowest BCUT2D eigenvalue weighted by molar-refractivity contribution is -0.129. The molecule has 0 aliphatic carbocycles. The van der Waals surface area contributed by atoms with Crippen LogP contribution in [0.25, 0.3) is 0 Å². The highest BCUT2D eigenvalue weighted by Crippen LogP contribution is 2.44. The van der Waals surface area contributed by atoms with Gasteiger partial charge in [0.1, 0.15) is 5.75 Å². The highest BCUT2D eigenvalue weighted by molar-refractivity contribution is 6.07. The standard InChI is InChI=1S/C16H15NO3/c1-9-7-12(14(18)8-10(9)2)16(20)11-5-3-4-6-13(11)17-15(16)19/h3-8,18,20H,1-2H3,(H,17,19)/t16-/m1/s1. The zero-order valence-corrected chi connectivity index (χ0v) is 11.3. The van der Waals surface area contributed by atoms with Gasteiger partial charge in [-0.2, -0.15) is 0 Å². The van der Waals surface area contributed by atoms with Crippen molar-refractivity contribution in [3.8, 4) is 5.75 Å². The van der Waals surface area contributed by atoms with Gasteiger partial charge in [-0.3, -0.25) is 4.79 Å². The molecule has 102 valence electrons. The topological polar surface area (TPSA) is 69.6 Å². The number of anilines is 1. The average Bonchev–Trinajstić information content (AvgIpc) is 2.67. The molecule has 1 amide bonds. The molecule has 0 spiro atoms. The number of fused-ring (bicyclic) bond motifs is 1. The molecule has 2 aromatic rings. The Bertz CT molecular complexity index is 724. The van der Waals surface area contributed by atoms with Crippen molar-refractivity contribution in [1.82, 2.24) is 0 Å². The Hall–Kier alpha value is -2.33. The van der Waals surface area contributed by atoms with Gasteiger partial charge in [-0.25, -0.2) is 0 Å². The molecule has 3 rings (SSSR count). The lowest BCUT2D eigenvalue weighted by atomic mass is 9.85. The molecule has 0 bridgehead atoms. The number of para-hydroxylation sites is 1. The number of phenols is 1. The zero-order valence-electron chi connectivity index (χ0n) is 11.3. The Kier molecular flexibility index (Phi) is 2.59. The van der Waals surface area contributed by atoms with Crippen molar-refractivity contribution in [3.05, 3.63) is 58.7 Å². The van der Waals surface area contributed by atoms with E-state index >= 15 is 0 Å². The van der Waals surface area contributed by atoms with Crippen LogP contribution in [0.5, 0.6) is 5.75 Å². The van der Waals surface area contributed by atoms with Gasteiger partial charge in [0.05, 0.1) is 0 Å². The first-order chi connectivity index (χ1) is 9.44. The number of nitrogens with one attached hydrogen (secondary N) is 1. The van der Waals surface area contributed by atoms with E-state index in [0.717, 1.165) is 11.1 Å². The Morgan fingerprint density at radius 1 is 1.05 bits per heavy atom. The summed E-state index contributed by atoms with van der Waals surface area (Å²) in [5, 5.41) is 23.7. The summed E-state index contributed by atoms with van der Waals surface area (Å²) >= 11 is 0. The van der Waals surface area contributed by atoms with Crippen molar-refractivity contribution in [2.75, 3.05) is 5.32 Å². The molecular formula is C16H15NO3. The number of aromatic hydroxyl groups is 1. The molecule has 0 fully saturated rings. The summed E-state index contributed by atoms with van der Waals surface area (Å²) in [5.74, 6) is -0.625. The summed E-state index contributed by atoms with van der Waals surface area (Å²) in [6.07, 6.45) is 0. The lowest BCUT2D eigenvalue weighted by Crippen LogP contribution is -2.35. The second-order valence-corrected chi connectivity index (χ2v) is 5.16. The van der Waals surface area contributed by atoms with Crippen LogP contribution in [-0.2, 0) is 10.4 Å². The van der Waals surface area contributed by atoms with Gasteiger partial charge in [0.2, 0.25) is 0 Å². The quantitative estimate of drug-likeness (QED) is 0.743. The minimum Gasteiger partial charge on any atom is -0.508 e. The fraction of sp³-hybridized carbons (Fsp3) is 0.188. The number of rotatable bonds is 1. The van der Waals surface area contributed by atoms with E-state index in [0.29, 0.717) is 11.3 Å². The first-order valence-electron chi connectivity index (χ1n) is 6.38. The number of aliphatic hydroxyl groups is 1. The van der Waals surface area contributed by atoms with Crippen molar-refractivity contribution in [2.24, 2.45) is 0 Å². The van der Waals surface area contributed by atoms with Gasteiger partial charge < -0.3 is 15.5 Å². The van der Waals surface area contributed by atoms with Crippen LogP contribution in [-0.4, -0.2) is 16.1 Å². The van der Waals surface area contributed by atoms with Crippen molar-refractivity contribution in [2.45, 2.75) is 19.4 Å². The van der Waals surface area contributed by atoms with Crippen LogP contribution in [0, 0.1) is 13.8 Å². The molecule has 1 heterocycles. The van der Waals surface area contributed by atoms with Gasteiger partial charge >= 0.3 is 0 Å². The van der Waals surface area contributed by atoms with E-state index in [1.54, 1.807) is 36.4 Å². The summed E-state index contributed by atoms with van der Waals surface area (Å²) in [7, 11) is 0. The first kappa shape index (κ1) is 12.7. The maximum Gasteiger partial charge on any atom is 0.266 e. The lowest BCUT2D eigenvalue weighted by Gasteiger charge is -2.23. The molecule has 3 N–H and O–H groups in total. The number of benzene rings is 2. The first-order valence-corrected chi connectivity index (χ1v) is 6.38. The van der Waals surface area contributed by atoms with E-state index in [4.69, 9.17) is 0 Å². The number of carbonyl (C=O) groups is 1. The van der Waals surface area contributed by atoms with Crippen molar-refractivity contribution < 1.29 is 15.0 Å². The molecule has 0 saturated heterocycles. The van der Waals surface area contributed by atoms with Gasteiger partial charge in [0.15, 0.2) is 5.60 Å². The Morgan fingerprint density at radius 3 is 2.45 bits per heavy atom. The molecule has 4 nitrogen and oxygen atoms in total. The molecule has 2 aromatic carbocycles. The van der Waals surface area contributed by atoms with Crippen LogP contribution in [0.15, 0.2) is 36.4 Å². The summed E-state index contributed by atoms with van der Waals surface area (Å²) in [4.78, 5) is 12.2. The van der Waals surface area contributed by atoms with Crippen LogP contribution in [0.1, 0.15) is 22.3 Å². The molecule has 0 radical (unpaired) electrons. The molecule has 0 aromatic heterocycles. The van der Waals surface area contributed by atoms with Crippen LogP contribution >= 0.6 is 0 Å². The van der Waals surface area contributed by atoms with E-state index in [9.17, 15) is 15.0 Å². The largest absolute Gasteiger partial charge is 0.508 e. The van der Waals surface area contributed by atoms with Crippen LogP contribution < -0.4 is 5.32 Å². The maximum atomic E-state index is 12.2. The summed E-state index contributed by atoms with van der Waals surface area (Å²) < 4.78 is 0. The average molecular weight is 269 g/mol. The molecule has 1 aliphatic rings. The number of aryl methyl sites for hydroxylation is 2. The minimum absolute atomic E-state index is 0.0811. The number of phenolic OH excluding ortho intramolecular Hbond substituents is 1. The summed E-state index contributed by atoms with van der Waals surface area (Å²) in [5.41, 5.74) is 1.20. The predicted octanol–water partition coefficient (Wildman–Crippen LogP) is 2.20. The second-order valence-electron chi connectivity index (χ2n) is 5.16. The van der Waals surface area contributed by atoms with E-state index in [-0.39, 0.29) is 11.3 Å². The van der Waals surface area contributed by atoms with Gasteiger partial charge in [0, 0.05) is 16.8 Å². The third-order valence-electron chi connectivity index (χ3n) is 3.90. The van der Waals surface area contributed by atoms with Crippen LogP contribution in [0.4, 0.5) is 5.69 Å². The molecule has 0 unspecified atom stereocenters. The number of hydrogen-bond acceptors (Lipinski definition) is 3. The van der Waals surface area contributed by atoms with Gasteiger partial charge in [-0.1, -0.05) is 18.2 Å².